The molecule has 0 aliphatic carbocycles. The number of hydrogen-bond donors (Lipinski definition) is 0. The quantitative estimate of drug-likeness (QED) is 0.682. The maximum Gasteiger partial charge on any atom is 0.252 e. The van der Waals surface area contributed by atoms with Gasteiger partial charge in [-0.3, -0.25) is 4.79 Å². The fourth-order valence-electron chi connectivity index (χ4n) is 2.13. The summed E-state index contributed by atoms with van der Waals surface area (Å²) in [5.41, 5.74) is 4.71. The van der Waals surface area contributed by atoms with Crippen molar-refractivity contribution in [3.05, 3.63) is 62.6 Å². The van der Waals surface area contributed by atoms with Crippen LogP contribution in [0.1, 0.15) is 32.6 Å². The van der Waals surface area contributed by atoms with Crippen LogP contribution >= 0.6 is 27.5 Å². The van der Waals surface area contributed by atoms with Gasteiger partial charge in [0.25, 0.3) is 5.24 Å². The van der Waals surface area contributed by atoms with Crippen LogP contribution in [-0.4, -0.2) is 5.24 Å². The summed E-state index contributed by atoms with van der Waals surface area (Å²) >= 11 is 9.07. The smallest absolute Gasteiger partial charge is 0.252 e. The Bertz CT molecular complexity index is 695. The number of benzene rings is 2. The van der Waals surface area contributed by atoms with Gasteiger partial charge in [-0.1, -0.05) is 28.1 Å². The molecule has 110 valence electrons. The Morgan fingerprint density at radius 2 is 1.81 bits per heavy atom. The van der Waals surface area contributed by atoms with Crippen molar-refractivity contribution in [1.29, 1.82) is 0 Å². The lowest BCUT2D eigenvalue weighted by Gasteiger charge is -2.14. The van der Waals surface area contributed by atoms with Gasteiger partial charge < -0.3 is 4.74 Å². The summed E-state index contributed by atoms with van der Waals surface area (Å²) in [4.78, 5) is 11.5. The van der Waals surface area contributed by atoms with E-state index < -0.39 is 5.24 Å². The predicted molar refractivity (Wildman–Crippen MR) is 89.3 cm³/mol. The van der Waals surface area contributed by atoms with Gasteiger partial charge in [0.2, 0.25) is 0 Å². The van der Waals surface area contributed by atoms with Crippen LogP contribution in [0.3, 0.4) is 0 Å². The number of aryl methyl sites for hydroxylation is 3. The minimum atomic E-state index is -0.480. The SMILES string of the molecule is Cc1cc(C)c(OCc2c(Br)cccc2C(=O)Cl)cc1C. The molecule has 2 rings (SSSR count). The third-order valence-electron chi connectivity index (χ3n) is 3.49. The van der Waals surface area contributed by atoms with Crippen LogP contribution in [0.2, 0.25) is 0 Å². The third kappa shape index (κ3) is 3.66. The molecular weight excluding hydrogens is 352 g/mol. The van der Waals surface area contributed by atoms with E-state index in [0.717, 1.165) is 21.3 Å². The molecule has 0 heterocycles. The molecule has 0 saturated heterocycles. The molecule has 0 amide bonds. The Labute approximate surface area is 138 Å². The van der Waals surface area contributed by atoms with Gasteiger partial charge in [0.1, 0.15) is 12.4 Å². The summed E-state index contributed by atoms with van der Waals surface area (Å²) in [5, 5.41) is -0.480. The minimum Gasteiger partial charge on any atom is -0.489 e. The second-order valence-electron chi connectivity index (χ2n) is 5.03. The van der Waals surface area contributed by atoms with Crippen molar-refractivity contribution >= 4 is 32.8 Å². The Hall–Kier alpha value is -1.32. The van der Waals surface area contributed by atoms with Crippen LogP contribution < -0.4 is 4.74 Å². The summed E-state index contributed by atoms with van der Waals surface area (Å²) in [6.07, 6.45) is 0. The first-order chi connectivity index (χ1) is 9.90. The maximum atomic E-state index is 11.5. The van der Waals surface area contributed by atoms with Crippen molar-refractivity contribution in [2.24, 2.45) is 0 Å². The van der Waals surface area contributed by atoms with Gasteiger partial charge in [-0.2, -0.15) is 0 Å². The number of ether oxygens (including phenoxy) is 1. The van der Waals surface area contributed by atoms with E-state index in [-0.39, 0.29) is 0 Å². The molecule has 0 atom stereocenters. The van der Waals surface area contributed by atoms with Crippen molar-refractivity contribution in [2.45, 2.75) is 27.4 Å². The maximum absolute atomic E-state index is 11.5. The van der Waals surface area contributed by atoms with Crippen molar-refractivity contribution in [2.75, 3.05) is 0 Å². The summed E-state index contributed by atoms with van der Waals surface area (Å²) in [7, 11) is 0. The lowest BCUT2D eigenvalue weighted by atomic mass is 10.1. The predicted octanol–water partition coefficient (Wildman–Crippen LogP) is 5.33. The third-order valence-corrected chi connectivity index (χ3v) is 4.44. The summed E-state index contributed by atoms with van der Waals surface area (Å²) in [6, 6.07) is 9.47. The molecule has 0 N–H and O–H groups in total. The number of halogens is 2. The second-order valence-corrected chi connectivity index (χ2v) is 6.23. The average molecular weight is 368 g/mol. The summed E-state index contributed by atoms with van der Waals surface area (Å²) < 4.78 is 6.70. The van der Waals surface area contributed by atoms with Crippen molar-refractivity contribution in [1.82, 2.24) is 0 Å². The first-order valence-electron chi connectivity index (χ1n) is 6.58. The summed E-state index contributed by atoms with van der Waals surface area (Å²) in [6.45, 7) is 6.42. The van der Waals surface area contributed by atoms with Gasteiger partial charge in [0, 0.05) is 15.6 Å². The van der Waals surface area contributed by atoms with Crippen LogP contribution in [0.25, 0.3) is 0 Å². The molecule has 0 aliphatic heterocycles. The van der Waals surface area contributed by atoms with Gasteiger partial charge in [-0.15, -0.1) is 0 Å². The van der Waals surface area contributed by atoms with Gasteiger partial charge in [-0.25, -0.2) is 0 Å². The highest BCUT2D eigenvalue weighted by Crippen LogP contribution is 2.27. The lowest BCUT2D eigenvalue weighted by Crippen LogP contribution is -2.04. The van der Waals surface area contributed by atoms with E-state index in [1.54, 1.807) is 12.1 Å². The molecule has 0 spiro atoms. The first kappa shape index (κ1) is 16.1. The Morgan fingerprint density at radius 3 is 2.48 bits per heavy atom. The van der Waals surface area contributed by atoms with Gasteiger partial charge in [0.05, 0.1) is 0 Å². The first-order valence-corrected chi connectivity index (χ1v) is 7.75. The topological polar surface area (TPSA) is 26.3 Å². The molecule has 0 unspecified atom stereocenters. The molecule has 0 saturated carbocycles. The highest BCUT2D eigenvalue weighted by Gasteiger charge is 2.13. The molecule has 0 bridgehead atoms. The molecule has 0 aliphatic rings. The van der Waals surface area contributed by atoms with E-state index in [1.165, 1.54) is 11.1 Å². The highest BCUT2D eigenvalue weighted by molar-refractivity contribution is 9.10. The number of carbonyl (C=O) groups is 1. The normalized spacial score (nSPS) is 10.5. The molecule has 0 radical (unpaired) electrons. The van der Waals surface area contributed by atoms with Crippen LogP contribution in [-0.2, 0) is 6.61 Å². The van der Waals surface area contributed by atoms with E-state index in [0.29, 0.717) is 12.2 Å². The molecule has 0 aromatic heterocycles. The van der Waals surface area contributed by atoms with Crippen LogP contribution in [0.5, 0.6) is 5.75 Å². The van der Waals surface area contributed by atoms with E-state index in [2.05, 4.69) is 28.9 Å². The Morgan fingerprint density at radius 1 is 1.14 bits per heavy atom. The highest BCUT2D eigenvalue weighted by atomic mass is 79.9. The largest absolute Gasteiger partial charge is 0.489 e. The zero-order valence-electron chi connectivity index (χ0n) is 12.2. The minimum absolute atomic E-state index is 0.290. The van der Waals surface area contributed by atoms with E-state index >= 15 is 0 Å². The van der Waals surface area contributed by atoms with Crippen LogP contribution in [0.4, 0.5) is 0 Å². The molecular formula is C17H16BrClO2. The summed E-state index contributed by atoms with van der Waals surface area (Å²) in [5.74, 6) is 0.821. The fourth-order valence-corrected chi connectivity index (χ4v) is 2.79. The van der Waals surface area contributed by atoms with Crippen molar-refractivity contribution in [3.8, 4) is 5.75 Å². The standard InChI is InChI=1S/C17H16BrClO2/c1-10-7-12(3)16(8-11(10)2)21-9-14-13(17(19)20)5-4-6-15(14)18/h4-8H,9H2,1-3H3. The van der Waals surface area contributed by atoms with Crippen LogP contribution in [0, 0.1) is 20.8 Å². The molecule has 0 fully saturated rings. The Balaban J connectivity index is 2.29. The molecule has 2 aromatic rings. The zero-order valence-corrected chi connectivity index (χ0v) is 14.5. The second kappa shape index (κ2) is 6.63. The molecule has 2 nitrogen and oxygen atoms in total. The van der Waals surface area contributed by atoms with E-state index in [9.17, 15) is 4.79 Å². The van der Waals surface area contributed by atoms with Crippen LogP contribution in [0.15, 0.2) is 34.8 Å². The Kier molecular flexibility index (Phi) is 5.07. The zero-order chi connectivity index (χ0) is 15.6. The van der Waals surface area contributed by atoms with E-state index in [1.807, 2.05) is 26.0 Å². The fraction of sp³-hybridized carbons (Fsp3) is 0.235. The van der Waals surface area contributed by atoms with Gasteiger partial charge >= 0.3 is 0 Å². The number of rotatable bonds is 4. The number of carbonyl (C=O) groups excluding carboxylic acids is 1. The van der Waals surface area contributed by atoms with E-state index in [4.69, 9.17) is 16.3 Å². The molecule has 4 heteroatoms. The van der Waals surface area contributed by atoms with Gasteiger partial charge in [0.15, 0.2) is 0 Å². The average Bonchev–Trinajstić information content (AvgIpc) is 2.42. The van der Waals surface area contributed by atoms with Crippen molar-refractivity contribution in [3.63, 3.8) is 0 Å². The van der Waals surface area contributed by atoms with Gasteiger partial charge in [-0.05, 0) is 67.3 Å². The van der Waals surface area contributed by atoms with Crippen molar-refractivity contribution < 1.29 is 9.53 Å². The molecule has 21 heavy (non-hydrogen) atoms. The monoisotopic (exact) mass is 366 g/mol. The lowest BCUT2D eigenvalue weighted by molar-refractivity contribution is 0.107. The number of hydrogen-bond acceptors (Lipinski definition) is 2. The molecule has 2 aromatic carbocycles.